The highest BCUT2D eigenvalue weighted by Gasteiger charge is 2.37. The van der Waals surface area contributed by atoms with Crippen LogP contribution in [0.25, 0.3) is 0 Å². The van der Waals surface area contributed by atoms with Crippen molar-refractivity contribution in [3.05, 3.63) is 29.8 Å². The molecule has 2 fully saturated rings. The molecule has 2 aliphatic rings. The fraction of sp³-hybridized carbons (Fsp3) is 0.529. The van der Waals surface area contributed by atoms with Crippen molar-refractivity contribution in [3.63, 3.8) is 0 Å². The quantitative estimate of drug-likeness (QED) is 0.862. The number of sulfone groups is 1. The molecule has 2 atom stereocenters. The Morgan fingerprint density at radius 1 is 1.17 bits per heavy atom. The third-order valence-electron chi connectivity index (χ3n) is 4.79. The molecule has 1 N–H and O–H groups in total. The maximum atomic E-state index is 12.2. The van der Waals surface area contributed by atoms with Crippen LogP contribution in [0.2, 0.25) is 0 Å². The van der Waals surface area contributed by atoms with Crippen LogP contribution in [0.15, 0.2) is 29.2 Å². The number of carboxylic acids is 1. The lowest BCUT2D eigenvalue weighted by Crippen LogP contribution is -2.16. The largest absolute Gasteiger partial charge is 0.481 e. The summed E-state index contributed by atoms with van der Waals surface area (Å²) in [7, 11) is -3.25. The highest BCUT2D eigenvalue weighted by atomic mass is 32.2. The van der Waals surface area contributed by atoms with Crippen LogP contribution in [0.1, 0.15) is 50.0 Å². The van der Waals surface area contributed by atoms with Gasteiger partial charge in [-0.1, -0.05) is 12.1 Å². The van der Waals surface area contributed by atoms with Gasteiger partial charge in [0.25, 0.3) is 0 Å². The molecule has 1 unspecified atom stereocenters. The topological polar surface area (TPSA) is 88.5 Å². The first-order valence-electron chi connectivity index (χ1n) is 7.96. The van der Waals surface area contributed by atoms with E-state index in [1.165, 1.54) is 12.1 Å². The van der Waals surface area contributed by atoms with Crippen molar-refractivity contribution in [3.8, 4) is 0 Å². The van der Waals surface area contributed by atoms with E-state index in [4.69, 9.17) is 0 Å². The summed E-state index contributed by atoms with van der Waals surface area (Å²) in [5, 5.41) is 9.21. The molecule has 3 rings (SSSR count). The third-order valence-corrected chi connectivity index (χ3v) is 7.07. The first kappa shape index (κ1) is 16.2. The van der Waals surface area contributed by atoms with Crippen molar-refractivity contribution < 1.29 is 23.1 Å². The summed E-state index contributed by atoms with van der Waals surface area (Å²) in [5.41, 5.74) is 0.603. The lowest BCUT2D eigenvalue weighted by Gasteiger charge is -2.17. The van der Waals surface area contributed by atoms with Gasteiger partial charge >= 0.3 is 5.97 Å². The molecule has 0 spiro atoms. The van der Waals surface area contributed by atoms with Crippen LogP contribution in [0.4, 0.5) is 0 Å². The number of carboxylic acid groups (broad SMARTS) is 1. The number of benzene rings is 1. The molecule has 0 heterocycles. The lowest BCUT2D eigenvalue weighted by atomic mass is 9.88. The van der Waals surface area contributed by atoms with Gasteiger partial charge in [-0.25, -0.2) is 8.42 Å². The summed E-state index contributed by atoms with van der Waals surface area (Å²) in [4.78, 5) is 23.2. The van der Waals surface area contributed by atoms with Crippen LogP contribution in [-0.4, -0.2) is 30.5 Å². The van der Waals surface area contributed by atoms with Crippen LogP contribution in [0, 0.1) is 5.92 Å². The summed E-state index contributed by atoms with van der Waals surface area (Å²) < 4.78 is 24.3. The fourth-order valence-electron chi connectivity index (χ4n) is 3.27. The zero-order chi connectivity index (χ0) is 16.6. The number of carbonyl (C=O) groups is 2. The molecular formula is C17H20O5S. The molecule has 23 heavy (non-hydrogen) atoms. The Kier molecular flexibility index (Phi) is 4.27. The molecule has 5 nitrogen and oxygen atoms in total. The second kappa shape index (κ2) is 6.07. The van der Waals surface area contributed by atoms with Crippen LogP contribution in [0.3, 0.4) is 0 Å². The van der Waals surface area contributed by atoms with Gasteiger partial charge in [0.05, 0.1) is 16.1 Å². The number of aliphatic carboxylic acids is 1. The first-order chi connectivity index (χ1) is 10.9. The molecule has 0 aromatic heterocycles. The van der Waals surface area contributed by atoms with Crippen LogP contribution >= 0.6 is 0 Å². The molecule has 1 aromatic carbocycles. The second-order valence-electron chi connectivity index (χ2n) is 6.59. The van der Waals surface area contributed by atoms with Crippen LogP contribution < -0.4 is 0 Å². The first-order valence-corrected chi connectivity index (χ1v) is 9.51. The molecule has 124 valence electrons. The van der Waals surface area contributed by atoms with Gasteiger partial charge in [-0.05, 0) is 49.3 Å². The minimum atomic E-state index is -3.25. The Bertz CT molecular complexity index is 716. The van der Waals surface area contributed by atoms with Gasteiger partial charge in [0.1, 0.15) is 5.78 Å². The summed E-state index contributed by atoms with van der Waals surface area (Å²) >= 11 is 0. The standard InChI is InChI=1S/C17H20O5S/c18-13-4-1-11(9-13)10-16(17(19)20)12-2-5-14(6-3-12)23(21,22)15-7-8-15/h2-3,5-6,11,15-16H,1,4,7-10H2,(H,19,20)/t11?,16-/m1/s1. The molecule has 2 aliphatic carbocycles. The number of hydrogen-bond acceptors (Lipinski definition) is 4. The smallest absolute Gasteiger partial charge is 0.310 e. The van der Waals surface area contributed by atoms with E-state index in [0.717, 1.165) is 6.42 Å². The molecular weight excluding hydrogens is 316 g/mol. The fourth-order valence-corrected chi connectivity index (χ4v) is 4.92. The van der Waals surface area contributed by atoms with Gasteiger partial charge in [0, 0.05) is 12.8 Å². The Hall–Kier alpha value is -1.69. The molecule has 0 bridgehead atoms. The number of Topliss-reactive ketones (excluding diaryl/α,β-unsaturated/α-hetero) is 1. The van der Waals surface area contributed by atoms with Crippen LogP contribution in [0.5, 0.6) is 0 Å². The molecule has 2 saturated carbocycles. The zero-order valence-electron chi connectivity index (χ0n) is 12.8. The summed E-state index contributed by atoms with van der Waals surface area (Å²) in [6.07, 6.45) is 3.58. The minimum Gasteiger partial charge on any atom is -0.481 e. The number of hydrogen-bond donors (Lipinski definition) is 1. The monoisotopic (exact) mass is 336 g/mol. The lowest BCUT2D eigenvalue weighted by molar-refractivity contribution is -0.139. The Labute approximate surface area is 135 Å². The van der Waals surface area contributed by atoms with Crippen molar-refractivity contribution in [1.29, 1.82) is 0 Å². The van der Waals surface area contributed by atoms with Crippen molar-refractivity contribution in [2.45, 2.75) is 54.6 Å². The van der Waals surface area contributed by atoms with Crippen molar-refractivity contribution in [2.75, 3.05) is 0 Å². The molecule has 6 heteroatoms. The average molecular weight is 336 g/mol. The van der Waals surface area contributed by atoms with Crippen molar-refractivity contribution in [2.24, 2.45) is 5.92 Å². The zero-order valence-corrected chi connectivity index (χ0v) is 13.6. The van der Waals surface area contributed by atoms with E-state index in [-0.39, 0.29) is 21.8 Å². The maximum Gasteiger partial charge on any atom is 0.310 e. The maximum absolute atomic E-state index is 12.2. The normalized spacial score (nSPS) is 23.0. The number of ketones is 1. The van der Waals surface area contributed by atoms with E-state index in [2.05, 4.69) is 0 Å². The molecule has 0 radical (unpaired) electrons. The molecule has 1 aromatic rings. The van der Waals surface area contributed by atoms with Gasteiger partial charge in [0.15, 0.2) is 9.84 Å². The average Bonchev–Trinajstić information content (AvgIpc) is 3.29. The highest BCUT2D eigenvalue weighted by Crippen LogP contribution is 2.36. The molecule has 0 saturated heterocycles. The van der Waals surface area contributed by atoms with E-state index in [1.807, 2.05) is 0 Å². The van der Waals surface area contributed by atoms with Gasteiger partial charge in [0.2, 0.25) is 0 Å². The molecule has 0 aliphatic heterocycles. The van der Waals surface area contributed by atoms with Crippen molar-refractivity contribution in [1.82, 2.24) is 0 Å². The Balaban J connectivity index is 1.77. The van der Waals surface area contributed by atoms with Crippen molar-refractivity contribution >= 4 is 21.6 Å². The van der Waals surface area contributed by atoms with Gasteiger partial charge in [-0.2, -0.15) is 0 Å². The van der Waals surface area contributed by atoms with E-state index >= 15 is 0 Å². The van der Waals surface area contributed by atoms with E-state index < -0.39 is 21.7 Å². The highest BCUT2D eigenvalue weighted by molar-refractivity contribution is 7.92. The van der Waals surface area contributed by atoms with Gasteiger partial charge in [-0.3, -0.25) is 9.59 Å². The van der Waals surface area contributed by atoms with Gasteiger partial charge < -0.3 is 5.11 Å². The third kappa shape index (κ3) is 3.47. The SMILES string of the molecule is O=C1CCC(C[C@@H](C(=O)O)c2ccc(S(=O)(=O)C3CC3)cc2)C1. The second-order valence-corrected chi connectivity index (χ2v) is 8.82. The summed E-state index contributed by atoms with van der Waals surface area (Å²) in [5.74, 6) is -1.31. The Morgan fingerprint density at radius 2 is 1.83 bits per heavy atom. The predicted octanol–water partition coefficient (Wildman–Crippen LogP) is 2.55. The molecule has 0 amide bonds. The summed E-state index contributed by atoms with van der Waals surface area (Å²) in [6, 6.07) is 6.23. The summed E-state index contributed by atoms with van der Waals surface area (Å²) in [6.45, 7) is 0. The van der Waals surface area contributed by atoms with Gasteiger partial charge in [-0.15, -0.1) is 0 Å². The number of rotatable bonds is 6. The van der Waals surface area contributed by atoms with E-state index in [9.17, 15) is 23.1 Å². The van der Waals surface area contributed by atoms with Crippen LogP contribution in [-0.2, 0) is 19.4 Å². The predicted molar refractivity (Wildman–Crippen MR) is 84.0 cm³/mol. The number of carbonyl (C=O) groups excluding carboxylic acids is 1. The van der Waals surface area contributed by atoms with E-state index in [1.54, 1.807) is 12.1 Å². The Morgan fingerprint density at radius 3 is 2.30 bits per heavy atom. The van der Waals surface area contributed by atoms with E-state index in [0.29, 0.717) is 37.7 Å². The minimum absolute atomic E-state index is 0.110.